The van der Waals surface area contributed by atoms with Gasteiger partial charge in [-0.05, 0) is 66.5 Å². The zero-order valence-corrected chi connectivity index (χ0v) is 11.6. The van der Waals surface area contributed by atoms with E-state index in [1.165, 1.54) is 17.5 Å². The number of nitrogen functional groups attached to an aromatic ring is 1. The number of rotatable bonds is 6. The van der Waals surface area contributed by atoms with Crippen LogP contribution in [0.15, 0.2) is 41.1 Å². The van der Waals surface area contributed by atoms with Crippen molar-refractivity contribution in [2.24, 2.45) is 0 Å². The van der Waals surface area contributed by atoms with Crippen LogP contribution in [0, 0.1) is 0 Å². The van der Waals surface area contributed by atoms with Crippen LogP contribution in [0.25, 0.3) is 0 Å². The summed E-state index contributed by atoms with van der Waals surface area (Å²) in [6, 6.07) is 10.4. The third-order valence-corrected chi connectivity index (χ3v) is 3.75. The average Bonchev–Trinajstić information content (AvgIpc) is 2.84. The van der Waals surface area contributed by atoms with Gasteiger partial charge >= 0.3 is 0 Å². The number of hydrogen-bond acceptors (Lipinski definition) is 3. The van der Waals surface area contributed by atoms with E-state index in [2.05, 4.69) is 40.9 Å². The smallest absolute Gasteiger partial charge is 0.0314 e. The van der Waals surface area contributed by atoms with E-state index in [-0.39, 0.29) is 0 Å². The van der Waals surface area contributed by atoms with Crippen LogP contribution in [0.1, 0.15) is 17.5 Å². The van der Waals surface area contributed by atoms with E-state index in [4.69, 9.17) is 5.73 Å². The van der Waals surface area contributed by atoms with Gasteiger partial charge in [0, 0.05) is 12.2 Å². The molecule has 1 aromatic carbocycles. The predicted molar refractivity (Wildman–Crippen MR) is 79.8 cm³/mol. The van der Waals surface area contributed by atoms with Gasteiger partial charge in [-0.2, -0.15) is 11.3 Å². The lowest BCUT2D eigenvalue weighted by Crippen LogP contribution is -2.19. The van der Waals surface area contributed by atoms with Gasteiger partial charge in [-0.1, -0.05) is 12.1 Å². The Labute approximate surface area is 113 Å². The molecule has 2 aromatic rings. The minimum Gasteiger partial charge on any atom is -0.399 e. The minimum absolute atomic E-state index is 0.841. The monoisotopic (exact) mass is 260 g/mol. The molecule has 0 bridgehead atoms. The van der Waals surface area contributed by atoms with E-state index in [0.717, 1.165) is 25.2 Å². The Morgan fingerprint density at radius 3 is 2.56 bits per heavy atom. The Balaban J connectivity index is 1.70. The van der Waals surface area contributed by atoms with Gasteiger partial charge in [-0.3, -0.25) is 0 Å². The van der Waals surface area contributed by atoms with E-state index in [1.807, 2.05) is 12.1 Å². The molecule has 0 saturated heterocycles. The van der Waals surface area contributed by atoms with Crippen molar-refractivity contribution >= 4 is 17.0 Å². The summed E-state index contributed by atoms with van der Waals surface area (Å²) in [6.07, 6.45) is 2.30. The second kappa shape index (κ2) is 6.57. The van der Waals surface area contributed by atoms with Crippen LogP contribution in [0.4, 0.5) is 5.69 Å². The zero-order chi connectivity index (χ0) is 12.8. The number of nitrogens with two attached hydrogens (primary N) is 1. The van der Waals surface area contributed by atoms with Gasteiger partial charge in [-0.25, -0.2) is 0 Å². The van der Waals surface area contributed by atoms with E-state index >= 15 is 0 Å². The van der Waals surface area contributed by atoms with Gasteiger partial charge in [0.05, 0.1) is 0 Å². The molecule has 1 aromatic heterocycles. The molecule has 0 atom stereocenters. The molecule has 0 spiro atoms. The van der Waals surface area contributed by atoms with Gasteiger partial charge in [0.25, 0.3) is 0 Å². The summed E-state index contributed by atoms with van der Waals surface area (Å²) in [7, 11) is 2.18. The largest absolute Gasteiger partial charge is 0.399 e. The van der Waals surface area contributed by atoms with Crippen molar-refractivity contribution in [2.45, 2.75) is 19.4 Å². The summed E-state index contributed by atoms with van der Waals surface area (Å²) in [6.45, 7) is 2.17. The van der Waals surface area contributed by atoms with E-state index in [0.29, 0.717) is 0 Å². The van der Waals surface area contributed by atoms with E-state index in [1.54, 1.807) is 11.3 Å². The molecule has 2 rings (SSSR count). The van der Waals surface area contributed by atoms with Crippen molar-refractivity contribution in [3.63, 3.8) is 0 Å². The van der Waals surface area contributed by atoms with Gasteiger partial charge in [0.1, 0.15) is 0 Å². The number of anilines is 1. The van der Waals surface area contributed by atoms with Crippen LogP contribution >= 0.6 is 11.3 Å². The quantitative estimate of drug-likeness (QED) is 0.807. The molecule has 2 N–H and O–H groups in total. The number of nitrogens with zero attached hydrogens (tertiary/aromatic N) is 1. The summed E-state index contributed by atoms with van der Waals surface area (Å²) in [4.78, 5) is 2.37. The Kier molecular flexibility index (Phi) is 4.79. The molecule has 0 radical (unpaired) electrons. The van der Waals surface area contributed by atoms with Crippen LogP contribution in [-0.4, -0.2) is 18.5 Å². The van der Waals surface area contributed by atoms with Crippen LogP contribution in [-0.2, 0) is 13.0 Å². The number of hydrogen-bond donors (Lipinski definition) is 1. The lowest BCUT2D eigenvalue weighted by molar-refractivity contribution is 0.322. The molecular formula is C15H20N2S. The molecule has 1 heterocycles. The van der Waals surface area contributed by atoms with Gasteiger partial charge in [-0.15, -0.1) is 0 Å². The SMILES string of the molecule is CN(CCCc1ccc(N)cc1)Cc1ccsc1. The second-order valence-corrected chi connectivity index (χ2v) is 5.49. The minimum atomic E-state index is 0.841. The molecule has 2 nitrogen and oxygen atoms in total. The highest BCUT2D eigenvalue weighted by Gasteiger charge is 2.01. The highest BCUT2D eigenvalue weighted by atomic mass is 32.1. The fourth-order valence-electron chi connectivity index (χ4n) is 2.01. The first-order valence-corrected chi connectivity index (χ1v) is 7.22. The van der Waals surface area contributed by atoms with E-state index < -0.39 is 0 Å². The Morgan fingerprint density at radius 1 is 1.11 bits per heavy atom. The average molecular weight is 260 g/mol. The first kappa shape index (κ1) is 13.1. The molecule has 0 aliphatic rings. The molecule has 3 heteroatoms. The standard InChI is InChI=1S/C15H20N2S/c1-17(11-14-8-10-18-12-14)9-2-3-13-4-6-15(16)7-5-13/h4-8,10,12H,2-3,9,11,16H2,1H3. The molecule has 0 unspecified atom stereocenters. The summed E-state index contributed by atoms with van der Waals surface area (Å²) >= 11 is 1.77. The van der Waals surface area contributed by atoms with Crippen LogP contribution < -0.4 is 5.73 Å². The number of benzene rings is 1. The highest BCUT2D eigenvalue weighted by molar-refractivity contribution is 7.07. The van der Waals surface area contributed by atoms with E-state index in [9.17, 15) is 0 Å². The fraction of sp³-hybridized carbons (Fsp3) is 0.333. The molecule has 0 fully saturated rings. The molecule has 0 saturated carbocycles. The van der Waals surface area contributed by atoms with Crippen molar-refractivity contribution in [1.82, 2.24) is 4.90 Å². The molecule has 0 amide bonds. The Bertz CT molecular complexity index is 448. The lowest BCUT2D eigenvalue weighted by Gasteiger charge is -2.15. The first-order chi connectivity index (χ1) is 8.74. The fourth-order valence-corrected chi connectivity index (χ4v) is 2.67. The maximum atomic E-state index is 5.67. The van der Waals surface area contributed by atoms with Crippen molar-refractivity contribution < 1.29 is 0 Å². The third kappa shape index (κ3) is 4.17. The van der Waals surface area contributed by atoms with Crippen LogP contribution in [0.3, 0.4) is 0 Å². The summed E-state index contributed by atoms with van der Waals surface area (Å²) < 4.78 is 0. The molecule has 96 valence electrons. The molecule has 0 aliphatic carbocycles. The number of thiophene rings is 1. The summed E-state index contributed by atoms with van der Waals surface area (Å²) in [5.41, 5.74) is 9.29. The molecular weight excluding hydrogens is 240 g/mol. The van der Waals surface area contributed by atoms with Crippen LogP contribution in [0.2, 0.25) is 0 Å². The van der Waals surface area contributed by atoms with Crippen LogP contribution in [0.5, 0.6) is 0 Å². The maximum absolute atomic E-state index is 5.67. The summed E-state index contributed by atoms with van der Waals surface area (Å²) in [5.74, 6) is 0. The lowest BCUT2D eigenvalue weighted by atomic mass is 10.1. The Morgan fingerprint density at radius 2 is 1.89 bits per heavy atom. The first-order valence-electron chi connectivity index (χ1n) is 6.28. The van der Waals surface area contributed by atoms with Crippen molar-refractivity contribution in [3.8, 4) is 0 Å². The van der Waals surface area contributed by atoms with Gasteiger partial charge in [0.2, 0.25) is 0 Å². The normalized spacial score (nSPS) is 11.0. The maximum Gasteiger partial charge on any atom is 0.0314 e. The van der Waals surface area contributed by atoms with Gasteiger partial charge in [0.15, 0.2) is 0 Å². The van der Waals surface area contributed by atoms with Crippen molar-refractivity contribution in [1.29, 1.82) is 0 Å². The Hall–Kier alpha value is -1.32. The highest BCUT2D eigenvalue weighted by Crippen LogP contribution is 2.10. The molecule has 0 aliphatic heterocycles. The summed E-state index contributed by atoms with van der Waals surface area (Å²) in [5, 5.41) is 4.36. The van der Waals surface area contributed by atoms with Crippen molar-refractivity contribution in [3.05, 3.63) is 52.2 Å². The van der Waals surface area contributed by atoms with Crippen molar-refractivity contribution in [2.75, 3.05) is 19.3 Å². The topological polar surface area (TPSA) is 29.3 Å². The molecule has 18 heavy (non-hydrogen) atoms. The number of aryl methyl sites for hydroxylation is 1. The van der Waals surface area contributed by atoms with Gasteiger partial charge < -0.3 is 10.6 Å². The zero-order valence-electron chi connectivity index (χ0n) is 10.8. The predicted octanol–water partition coefficient (Wildman–Crippen LogP) is 3.39. The second-order valence-electron chi connectivity index (χ2n) is 4.71. The third-order valence-electron chi connectivity index (χ3n) is 3.02.